The molecule has 0 aliphatic carbocycles. The minimum atomic E-state index is -2.07. The lowest BCUT2D eigenvalue weighted by Crippen LogP contribution is -2.21. The van der Waals surface area contributed by atoms with E-state index < -0.39 is 13.1 Å². The summed E-state index contributed by atoms with van der Waals surface area (Å²) in [5.74, 6) is -1.02. The third-order valence-corrected chi connectivity index (χ3v) is 1.41. The normalized spacial score (nSPS) is 9.85. The molecule has 6 heteroatoms. The SMILES string of the molecule is OCc1ccc(F)c(OB(O)O)c1. The Balaban J connectivity index is 2.90. The van der Waals surface area contributed by atoms with E-state index in [1.54, 1.807) is 0 Å². The third-order valence-electron chi connectivity index (χ3n) is 1.41. The monoisotopic (exact) mass is 186 g/mol. The molecule has 0 atom stereocenters. The molecule has 13 heavy (non-hydrogen) atoms. The van der Waals surface area contributed by atoms with Gasteiger partial charge in [0.05, 0.1) is 6.61 Å². The van der Waals surface area contributed by atoms with Crippen LogP contribution in [-0.2, 0) is 6.61 Å². The topological polar surface area (TPSA) is 69.9 Å². The lowest BCUT2D eigenvalue weighted by molar-refractivity contribution is 0.273. The van der Waals surface area contributed by atoms with E-state index in [2.05, 4.69) is 4.65 Å². The molecule has 0 bridgehead atoms. The molecular weight excluding hydrogens is 178 g/mol. The molecule has 0 aromatic heterocycles. The molecule has 70 valence electrons. The van der Waals surface area contributed by atoms with E-state index in [9.17, 15) is 4.39 Å². The highest BCUT2D eigenvalue weighted by Crippen LogP contribution is 2.18. The van der Waals surface area contributed by atoms with Gasteiger partial charge in [-0.3, -0.25) is 0 Å². The van der Waals surface area contributed by atoms with Gasteiger partial charge >= 0.3 is 7.32 Å². The highest BCUT2D eigenvalue weighted by atomic mass is 19.1. The lowest BCUT2D eigenvalue weighted by Gasteiger charge is -2.06. The average molecular weight is 186 g/mol. The van der Waals surface area contributed by atoms with Crippen molar-refractivity contribution in [2.24, 2.45) is 0 Å². The highest BCUT2D eigenvalue weighted by Gasteiger charge is 2.14. The quantitative estimate of drug-likeness (QED) is 0.565. The summed E-state index contributed by atoms with van der Waals surface area (Å²) in [7, 11) is -2.07. The van der Waals surface area contributed by atoms with E-state index >= 15 is 0 Å². The Kier molecular flexibility index (Phi) is 3.24. The maximum absolute atomic E-state index is 12.8. The number of hydrogen-bond acceptors (Lipinski definition) is 4. The fraction of sp³-hybridized carbons (Fsp3) is 0.143. The number of aliphatic hydroxyl groups is 1. The molecule has 1 rings (SSSR count). The van der Waals surface area contributed by atoms with Crippen LogP contribution in [0.25, 0.3) is 0 Å². The van der Waals surface area contributed by atoms with Crippen molar-refractivity contribution in [2.45, 2.75) is 6.61 Å². The van der Waals surface area contributed by atoms with Gasteiger partial charge in [-0.05, 0) is 17.7 Å². The zero-order valence-electron chi connectivity index (χ0n) is 6.64. The Morgan fingerprint density at radius 2 is 2.08 bits per heavy atom. The van der Waals surface area contributed by atoms with Gasteiger partial charge in [-0.15, -0.1) is 0 Å². The van der Waals surface area contributed by atoms with Gasteiger partial charge in [0.2, 0.25) is 0 Å². The summed E-state index contributed by atoms with van der Waals surface area (Å²) in [6, 6.07) is 3.63. The van der Waals surface area contributed by atoms with Crippen LogP contribution >= 0.6 is 0 Å². The molecular formula is C7H8BFO4. The summed E-state index contributed by atoms with van der Waals surface area (Å²) in [4.78, 5) is 0. The van der Waals surface area contributed by atoms with Crippen molar-refractivity contribution >= 4 is 7.32 Å². The average Bonchev–Trinajstić information content (AvgIpc) is 2.08. The second kappa shape index (κ2) is 4.22. The molecule has 0 saturated carbocycles. The number of aliphatic hydroxyl groups excluding tert-OH is 1. The van der Waals surface area contributed by atoms with Crippen LogP contribution in [0.4, 0.5) is 4.39 Å². The Labute approximate surface area is 74.4 Å². The van der Waals surface area contributed by atoms with Gasteiger partial charge in [0.25, 0.3) is 0 Å². The second-order valence-electron chi connectivity index (χ2n) is 2.37. The first-order chi connectivity index (χ1) is 6.13. The van der Waals surface area contributed by atoms with E-state index in [1.165, 1.54) is 12.1 Å². The molecule has 0 unspecified atom stereocenters. The fourth-order valence-corrected chi connectivity index (χ4v) is 0.850. The zero-order valence-corrected chi connectivity index (χ0v) is 6.64. The van der Waals surface area contributed by atoms with Crippen molar-refractivity contribution in [2.75, 3.05) is 0 Å². The molecule has 1 aromatic carbocycles. The van der Waals surface area contributed by atoms with Crippen molar-refractivity contribution in [3.8, 4) is 5.75 Å². The lowest BCUT2D eigenvalue weighted by atomic mass is 10.2. The van der Waals surface area contributed by atoms with Crippen LogP contribution in [-0.4, -0.2) is 22.5 Å². The van der Waals surface area contributed by atoms with Gasteiger partial charge in [0.15, 0.2) is 5.82 Å². The summed E-state index contributed by atoms with van der Waals surface area (Å²) in [5, 5.41) is 25.5. The molecule has 3 N–H and O–H groups in total. The van der Waals surface area contributed by atoms with Gasteiger partial charge < -0.3 is 19.8 Å². The van der Waals surface area contributed by atoms with Crippen LogP contribution in [0, 0.1) is 5.82 Å². The molecule has 0 heterocycles. The standard InChI is InChI=1S/C7H8BFO4/c9-6-2-1-5(4-10)3-7(6)13-8(11)12/h1-3,10-12H,4H2. The van der Waals surface area contributed by atoms with E-state index in [0.717, 1.165) is 6.07 Å². The minimum absolute atomic E-state index is 0.266. The predicted molar refractivity (Wildman–Crippen MR) is 43.1 cm³/mol. The van der Waals surface area contributed by atoms with Crippen LogP contribution in [0.1, 0.15) is 5.56 Å². The highest BCUT2D eigenvalue weighted by molar-refractivity contribution is 6.33. The van der Waals surface area contributed by atoms with Crippen LogP contribution in [0.15, 0.2) is 18.2 Å². The van der Waals surface area contributed by atoms with Crippen molar-refractivity contribution in [1.82, 2.24) is 0 Å². The number of rotatable bonds is 3. The summed E-state index contributed by atoms with van der Waals surface area (Å²) >= 11 is 0. The summed E-state index contributed by atoms with van der Waals surface area (Å²) < 4.78 is 17.1. The maximum atomic E-state index is 12.8. The van der Waals surface area contributed by atoms with Crippen molar-refractivity contribution in [3.63, 3.8) is 0 Å². The summed E-state index contributed by atoms with van der Waals surface area (Å²) in [5.41, 5.74) is 0.428. The van der Waals surface area contributed by atoms with E-state index in [-0.39, 0.29) is 12.4 Å². The fourth-order valence-electron chi connectivity index (χ4n) is 0.850. The van der Waals surface area contributed by atoms with E-state index in [4.69, 9.17) is 15.2 Å². The molecule has 1 aromatic rings. The first-order valence-corrected chi connectivity index (χ1v) is 3.55. The van der Waals surface area contributed by atoms with Gasteiger partial charge in [0, 0.05) is 0 Å². The Morgan fingerprint density at radius 1 is 1.38 bits per heavy atom. The third kappa shape index (κ3) is 2.69. The minimum Gasteiger partial charge on any atom is -0.510 e. The molecule has 0 saturated heterocycles. The van der Waals surface area contributed by atoms with Crippen LogP contribution in [0.3, 0.4) is 0 Å². The first-order valence-electron chi connectivity index (χ1n) is 3.55. The Morgan fingerprint density at radius 3 is 2.62 bits per heavy atom. The predicted octanol–water partition coefficient (Wildman–Crippen LogP) is -0.334. The van der Waals surface area contributed by atoms with E-state index in [0.29, 0.717) is 5.56 Å². The van der Waals surface area contributed by atoms with Crippen molar-refractivity contribution in [1.29, 1.82) is 0 Å². The van der Waals surface area contributed by atoms with Crippen LogP contribution in [0.5, 0.6) is 5.75 Å². The maximum Gasteiger partial charge on any atom is 0.707 e. The van der Waals surface area contributed by atoms with Crippen LogP contribution in [0.2, 0.25) is 0 Å². The molecule has 0 amide bonds. The Hall–Kier alpha value is -1.11. The molecule has 0 fully saturated rings. The molecule has 0 aliphatic rings. The summed E-state index contributed by atoms with van der Waals surface area (Å²) in [6.45, 7) is -0.266. The smallest absolute Gasteiger partial charge is 0.510 e. The molecule has 0 aliphatic heterocycles. The number of benzene rings is 1. The van der Waals surface area contributed by atoms with Crippen LogP contribution < -0.4 is 4.65 Å². The molecule has 4 nitrogen and oxygen atoms in total. The second-order valence-corrected chi connectivity index (χ2v) is 2.37. The number of hydrogen-bond donors (Lipinski definition) is 3. The van der Waals surface area contributed by atoms with Gasteiger partial charge in [-0.25, -0.2) is 4.39 Å². The van der Waals surface area contributed by atoms with Crippen molar-refractivity contribution in [3.05, 3.63) is 29.6 Å². The van der Waals surface area contributed by atoms with Crippen molar-refractivity contribution < 1.29 is 24.2 Å². The zero-order chi connectivity index (χ0) is 9.84. The summed E-state index contributed by atoms with van der Waals surface area (Å²) in [6.07, 6.45) is 0. The first kappa shape index (κ1) is 9.98. The van der Waals surface area contributed by atoms with Gasteiger partial charge in [-0.2, -0.15) is 0 Å². The Bertz CT molecular complexity index is 292. The van der Waals surface area contributed by atoms with E-state index in [1.807, 2.05) is 0 Å². The number of halogens is 1. The van der Waals surface area contributed by atoms with Gasteiger partial charge in [-0.1, -0.05) is 6.07 Å². The van der Waals surface area contributed by atoms with Gasteiger partial charge in [0.1, 0.15) is 5.75 Å². The molecule has 0 radical (unpaired) electrons. The largest absolute Gasteiger partial charge is 0.707 e. The molecule has 0 spiro atoms.